The van der Waals surface area contributed by atoms with Crippen LogP contribution < -0.4 is 10.5 Å². The summed E-state index contributed by atoms with van der Waals surface area (Å²) in [6, 6.07) is 3.32. The van der Waals surface area contributed by atoms with Gasteiger partial charge in [0.1, 0.15) is 5.75 Å². The van der Waals surface area contributed by atoms with Crippen molar-refractivity contribution in [3.05, 3.63) is 22.2 Å². The normalized spacial score (nSPS) is 9.77. The van der Waals surface area contributed by atoms with E-state index in [1.54, 1.807) is 12.1 Å². The molecule has 0 bridgehead atoms. The summed E-state index contributed by atoms with van der Waals surface area (Å²) < 4.78 is 5.61. The Morgan fingerprint density at radius 3 is 2.62 bits per heavy atom. The van der Waals surface area contributed by atoms with E-state index in [0.29, 0.717) is 21.5 Å². The van der Waals surface area contributed by atoms with Gasteiger partial charge in [0.05, 0.1) is 17.3 Å². The molecule has 0 aliphatic heterocycles. The van der Waals surface area contributed by atoms with Gasteiger partial charge in [-0.1, -0.05) is 0 Å². The van der Waals surface area contributed by atoms with Crippen LogP contribution in [0.5, 0.6) is 5.75 Å². The van der Waals surface area contributed by atoms with Gasteiger partial charge in [-0.25, -0.2) is 0 Å². The molecule has 1 aromatic rings. The van der Waals surface area contributed by atoms with Crippen molar-refractivity contribution >= 4 is 27.4 Å². The van der Waals surface area contributed by atoms with E-state index >= 15 is 0 Å². The maximum absolute atomic E-state index is 11.1. The van der Waals surface area contributed by atoms with E-state index in [-0.39, 0.29) is 5.78 Å². The number of ether oxygens (including phenoxy) is 1. The molecule has 13 heavy (non-hydrogen) atoms. The Hall–Kier alpha value is -1.03. The van der Waals surface area contributed by atoms with E-state index in [0.717, 1.165) is 0 Å². The Bertz CT molecular complexity index is 350. The number of hydrogen-bond acceptors (Lipinski definition) is 3. The average Bonchev–Trinajstić information content (AvgIpc) is 2.09. The third-order valence-electron chi connectivity index (χ3n) is 1.69. The van der Waals surface area contributed by atoms with Crippen LogP contribution in [0.1, 0.15) is 17.3 Å². The van der Waals surface area contributed by atoms with Gasteiger partial charge in [-0.3, -0.25) is 4.79 Å². The second kappa shape index (κ2) is 3.79. The molecule has 0 fully saturated rings. The van der Waals surface area contributed by atoms with Crippen molar-refractivity contribution in [2.24, 2.45) is 0 Å². The van der Waals surface area contributed by atoms with Crippen molar-refractivity contribution < 1.29 is 9.53 Å². The molecule has 0 unspecified atom stereocenters. The van der Waals surface area contributed by atoms with Gasteiger partial charge in [0.2, 0.25) is 0 Å². The first-order valence-electron chi connectivity index (χ1n) is 3.70. The first-order chi connectivity index (χ1) is 6.06. The van der Waals surface area contributed by atoms with E-state index in [9.17, 15) is 4.79 Å². The lowest BCUT2D eigenvalue weighted by Crippen LogP contribution is -1.99. The number of carbonyl (C=O) groups is 1. The fourth-order valence-electron chi connectivity index (χ4n) is 0.993. The largest absolute Gasteiger partial charge is 0.497 e. The van der Waals surface area contributed by atoms with Crippen LogP contribution in [0.4, 0.5) is 5.69 Å². The summed E-state index contributed by atoms with van der Waals surface area (Å²) in [4.78, 5) is 11.1. The number of methoxy groups -OCH3 is 1. The van der Waals surface area contributed by atoms with Gasteiger partial charge in [0, 0.05) is 11.6 Å². The van der Waals surface area contributed by atoms with Crippen molar-refractivity contribution in [3.63, 3.8) is 0 Å². The molecule has 0 aliphatic rings. The molecule has 0 aromatic heterocycles. The zero-order valence-electron chi connectivity index (χ0n) is 7.43. The third-order valence-corrected chi connectivity index (χ3v) is 2.57. The molecule has 0 spiro atoms. The average molecular weight is 244 g/mol. The SMILES string of the molecule is COc1cc(N)c(Br)c(C(C)=O)c1. The van der Waals surface area contributed by atoms with Gasteiger partial charge >= 0.3 is 0 Å². The lowest BCUT2D eigenvalue weighted by atomic mass is 10.1. The number of Topliss-reactive ketones (excluding diaryl/α,β-unsaturated/α-hetero) is 1. The number of anilines is 1. The number of rotatable bonds is 2. The molecule has 1 aromatic carbocycles. The number of hydrogen-bond donors (Lipinski definition) is 1. The predicted molar refractivity (Wildman–Crippen MR) is 55.1 cm³/mol. The number of benzene rings is 1. The summed E-state index contributed by atoms with van der Waals surface area (Å²) >= 11 is 3.24. The minimum atomic E-state index is -0.0440. The van der Waals surface area contributed by atoms with E-state index in [4.69, 9.17) is 10.5 Å². The van der Waals surface area contributed by atoms with E-state index in [1.165, 1.54) is 14.0 Å². The van der Waals surface area contributed by atoms with Crippen molar-refractivity contribution in [3.8, 4) is 5.75 Å². The number of ketones is 1. The van der Waals surface area contributed by atoms with Crippen LogP contribution in [0, 0.1) is 0 Å². The highest BCUT2D eigenvalue weighted by molar-refractivity contribution is 9.10. The smallest absolute Gasteiger partial charge is 0.161 e. The molecule has 0 saturated carbocycles. The van der Waals surface area contributed by atoms with Gasteiger partial charge in [-0.15, -0.1) is 0 Å². The van der Waals surface area contributed by atoms with Crippen molar-refractivity contribution in [2.45, 2.75) is 6.92 Å². The molecular weight excluding hydrogens is 234 g/mol. The van der Waals surface area contributed by atoms with Crippen molar-refractivity contribution in [1.82, 2.24) is 0 Å². The van der Waals surface area contributed by atoms with Crippen LogP contribution in [-0.2, 0) is 0 Å². The lowest BCUT2D eigenvalue weighted by Gasteiger charge is -2.07. The van der Waals surface area contributed by atoms with Crippen LogP contribution in [0.15, 0.2) is 16.6 Å². The molecule has 2 N–H and O–H groups in total. The van der Waals surface area contributed by atoms with Crippen molar-refractivity contribution in [2.75, 3.05) is 12.8 Å². The molecule has 0 amide bonds. The van der Waals surface area contributed by atoms with Gasteiger partial charge < -0.3 is 10.5 Å². The zero-order chi connectivity index (χ0) is 10.0. The molecule has 3 nitrogen and oxygen atoms in total. The first-order valence-corrected chi connectivity index (χ1v) is 4.49. The monoisotopic (exact) mass is 243 g/mol. The molecular formula is C9H10BrNO2. The van der Waals surface area contributed by atoms with E-state index in [1.807, 2.05) is 0 Å². The molecule has 0 heterocycles. The maximum atomic E-state index is 11.1. The Morgan fingerprint density at radius 2 is 2.15 bits per heavy atom. The standard InChI is InChI=1S/C9H10BrNO2/c1-5(12)7-3-6(13-2)4-8(11)9(7)10/h3-4H,11H2,1-2H3. The minimum absolute atomic E-state index is 0.0440. The van der Waals surface area contributed by atoms with Gasteiger partial charge in [0.25, 0.3) is 0 Å². The maximum Gasteiger partial charge on any atom is 0.161 e. The summed E-state index contributed by atoms with van der Waals surface area (Å²) in [6.07, 6.45) is 0. The quantitative estimate of drug-likeness (QED) is 0.641. The second-order valence-corrected chi connectivity index (χ2v) is 3.43. The lowest BCUT2D eigenvalue weighted by molar-refractivity contribution is 0.101. The number of nitrogens with two attached hydrogens (primary N) is 1. The van der Waals surface area contributed by atoms with Gasteiger partial charge in [-0.05, 0) is 28.9 Å². The fourth-order valence-corrected chi connectivity index (χ4v) is 1.50. The summed E-state index contributed by atoms with van der Waals surface area (Å²) in [5.74, 6) is 0.545. The summed E-state index contributed by atoms with van der Waals surface area (Å²) in [5.41, 5.74) is 6.70. The number of halogens is 1. The Morgan fingerprint density at radius 1 is 1.54 bits per heavy atom. The van der Waals surface area contributed by atoms with Crippen LogP contribution in [0.2, 0.25) is 0 Å². The molecule has 4 heteroatoms. The third kappa shape index (κ3) is 2.01. The number of carbonyl (C=O) groups excluding carboxylic acids is 1. The Kier molecular flexibility index (Phi) is 2.93. The summed E-state index contributed by atoms with van der Waals surface area (Å²) in [5, 5.41) is 0. The fraction of sp³-hybridized carbons (Fsp3) is 0.222. The molecule has 1 rings (SSSR count). The Balaban J connectivity index is 3.33. The predicted octanol–water partition coefficient (Wildman–Crippen LogP) is 2.24. The minimum Gasteiger partial charge on any atom is -0.497 e. The highest BCUT2D eigenvalue weighted by Gasteiger charge is 2.10. The molecule has 0 aliphatic carbocycles. The zero-order valence-corrected chi connectivity index (χ0v) is 9.01. The van der Waals surface area contributed by atoms with Crippen LogP contribution >= 0.6 is 15.9 Å². The van der Waals surface area contributed by atoms with E-state index in [2.05, 4.69) is 15.9 Å². The van der Waals surface area contributed by atoms with Crippen LogP contribution in [-0.4, -0.2) is 12.9 Å². The highest BCUT2D eigenvalue weighted by Crippen LogP contribution is 2.29. The molecule has 0 atom stereocenters. The van der Waals surface area contributed by atoms with Crippen LogP contribution in [0.3, 0.4) is 0 Å². The van der Waals surface area contributed by atoms with Gasteiger partial charge in [-0.2, -0.15) is 0 Å². The first kappa shape index (κ1) is 10.1. The van der Waals surface area contributed by atoms with E-state index < -0.39 is 0 Å². The van der Waals surface area contributed by atoms with Gasteiger partial charge in [0.15, 0.2) is 5.78 Å². The molecule has 0 radical (unpaired) electrons. The Labute approximate surface area is 85.0 Å². The highest BCUT2D eigenvalue weighted by atomic mass is 79.9. The van der Waals surface area contributed by atoms with Crippen molar-refractivity contribution in [1.29, 1.82) is 0 Å². The molecule has 70 valence electrons. The van der Waals surface area contributed by atoms with Crippen LogP contribution in [0.25, 0.3) is 0 Å². The topological polar surface area (TPSA) is 52.3 Å². The number of nitrogen functional groups attached to an aromatic ring is 1. The summed E-state index contributed by atoms with van der Waals surface area (Å²) in [6.45, 7) is 1.49. The molecule has 0 saturated heterocycles. The summed E-state index contributed by atoms with van der Waals surface area (Å²) in [7, 11) is 1.53. The second-order valence-electron chi connectivity index (χ2n) is 2.63.